The van der Waals surface area contributed by atoms with Gasteiger partial charge >= 0.3 is 6.18 Å². The van der Waals surface area contributed by atoms with Crippen LogP contribution >= 0.6 is 0 Å². The summed E-state index contributed by atoms with van der Waals surface area (Å²) in [6, 6.07) is 6.05. The number of hydrogen-bond acceptors (Lipinski definition) is 2. The fourth-order valence-electron chi connectivity index (χ4n) is 2.78. The third-order valence-electron chi connectivity index (χ3n) is 4.40. The minimum absolute atomic E-state index is 0.183. The summed E-state index contributed by atoms with van der Waals surface area (Å²) in [6.07, 6.45) is -3.39. The van der Waals surface area contributed by atoms with E-state index in [1.54, 1.807) is 6.07 Å². The number of nitrogens with two attached hydrogens (primary N) is 1. The van der Waals surface area contributed by atoms with Crippen LogP contribution in [0.2, 0.25) is 0 Å². The second kappa shape index (κ2) is 5.74. The predicted molar refractivity (Wildman–Crippen MR) is 73.1 cm³/mol. The monoisotopic (exact) mass is 286 g/mol. The lowest BCUT2D eigenvalue weighted by molar-refractivity contribution is -0.137. The van der Waals surface area contributed by atoms with Crippen LogP contribution in [0.25, 0.3) is 0 Å². The average Bonchev–Trinajstić information content (AvgIpc) is 2.39. The topological polar surface area (TPSA) is 29.3 Å². The normalized spacial score (nSPS) is 28.6. The first kappa shape index (κ1) is 15.3. The molecule has 1 aromatic carbocycles. The molecule has 0 radical (unpaired) electrons. The summed E-state index contributed by atoms with van der Waals surface area (Å²) in [6.45, 7) is 5.58. The molecule has 1 aromatic rings. The molecule has 0 amide bonds. The Morgan fingerprint density at radius 2 is 2.00 bits per heavy atom. The summed E-state index contributed by atoms with van der Waals surface area (Å²) in [5.74, 6) is 0.356. The van der Waals surface area contributed by atoms with Crippen molar-refractivity contribution in [1.29, 1.82) is 0 Å². The molecule has 2 nitrogen and oxygen atoms in total. The molecule has 0 aromatic heterocycles. The molecule has 112 valence electrons. The molecule has 1 heterocycles. The number of likely N-dealkylation sites (tertiary alicyclic amines) is 1. The molecule has 20 heavy (non-hydrogen) atoms. The van der Waals surface area contributed by atoms with Gasteiger partial charge in [-0.1, -0.05) is 25.1 Å². The maximum atomic E-state index is 12.7. The van der Waals surface area contributed by atoms with Crippen LogP contribution < -0.4 is 5.73 Å². The highest BCUT2D eigenvalue weighted by molar-refractivity contribution is 5.25. The van der Waals surface area contributed by atoms with Gasteiger partial charge in [0.25, 0.3) is 0 Å². The van der Waals surface area contributed by atoms with E-state index in [1.807, 2.05) is 0 Å². The number of alkyl halides is 3. The van der Waals surface area contributed by atoms with Crippen LogP contribution in [-0.2, 0) is 12.7 Å². The summed E-state index contributed by atoms with van der Waals surface area (Å²) in [5.41, 5.74) is 6.15. The number of piperidine rings is 1. The van der Waals surface area contributed by atoms with Gasteiger partial charge in [-0.3, -0.25) is 4.90 Å². The molecule has 1 saturated heterocycles. The standard InChI is InChI=1S/C15H21F3N2/c1-10-11(2)20(7-6-14(10)19)9-12-4-3-5-13(8-12)15(16,17)18/h3-5,8,10-11,14H,6-7,9,19H2,1-2H3. The van der Waals surface area contributed by atoms with Crippen molar-refractivity contribution < 1.29 is 13.2 Å². The largest absolute Gasteiger partial charge is 0.416 e. The van der Waals surface area contributed by atoms with E-state index >= 15 is 0 Å². The molecule has 0 saturated carbocycles. The summed E-state index contributed by atoms with van der Waals surface area (Å²) in [7, 11) is 0. The van der Waals surface area contributed by atoms with Crippen molar-refractivity contribution in [1.82, 2.24) is 4.90 Å². The number of rotatable bonds is 2. The lowest BCUT2D eigenvalue weighted by Crippen LogP contribution is -2.51. The molecule has 5 heteroatoms. The fourth-order valence-corrected chi connectivity index (χ4v) is 2.78. The zero-order valence-electron chi connectivity index (χ0n) is 11.8. The van der Waals surface area contributed by atoms with E-state index in [1.165, 1.54) is 12.1 Å². The fraction of sp³-hybridized carbons (Fsp3) is 0.600. The van der Waals surface area contributed by atoms with Crippen LogP contribution in [0.15, 0.2) is 24.3 Å². The van der Waals surface area contributed by atoms with Gasteiger partial charge in [0.1, 0.15) is 0 Å². The number of hydrogen-bond donors (Lipinski definition) is 1. The molecule has 0 aliphatic carbocycles. The molecule has 3 atom stereocenters. The number of halogens is 3. The van der Waals surface area contributed by atoms with E-state index in [2.05, 4.69) is 18.7 Å². The van der Waals surface area contributed by atoms with Crippen LogP contribution in [0.3, 0.4) is 0 Å². The molecule has 2 rings (SSSR count). The van der Waals surface area contributed by atoms with Gasteiger partial charge in [0.2, 0.25) is 0 Å². The zero-order valence-corrected chi connectivity index (χ0v) is 11.8. The van der Waals surface area contributed by atoms with Gasteiger partial charge in [0.15, 0.2) is 0 Å². The van der Waals surface area contributed by atoms with E-state index in [-0.39, 0.29) is 12.1 Å². The summed E-state index contributed by atoms with van der Waals surface area (Å²) >= 11 is 0. The highest BCUT2D eigenvalue weighted by Crippen LogP contribution is 2.30. The molecular formula is C15H21F3N2. The minimum atomic E-state index is -4.28. The summed E-state index contributed by atoms with van der Waals surface area (Å²) in [5, 5.41) is 0. The molecule has 3 unspecified atom stereocenters. The van der Waals surface area contributed by atoms with Crippen molar-refractivity contribution in [3.05, 3.63) is 35.4 Å². The van der Waals surface area contributed by atoms with Crippen molar-refractivity contribution in [2.45, 2.75) is 45.1 Å². The van der Waals surface area contributed by atoms with Gasteiger partial charge in [-0.05, 0) is 30.9 Å². The van der Waals surface area contributed by atoms with E-state index in [0.29, 0.717) is 18.0 Å². The highest BCUT2D eigenvalue weighted by atomic mass is 19.4. The smallest absolute Gasteiger partial charge is 0.327 e. The Balaban J connectivity index is 2.10. The van der Waals surface area contributed by atoms with Crippen molar-refractivity contribution in [2.24, 2.45) is 11.7 Å². The molecule has 1 aliphatic heterocycles. The maximum Gasteiger partial charge on any atom is 0.416 e. The molecular weight excluding hydrogens is 265 g/mol. The Morgan fingerprint density at radius 1 is 1.30 bits per heavy atom. The Bertz CT molecular complexity index is 459. The van der Waals surface area contributed by atoms with Gasteiger partial charge in [-0.15, -0.1) is 0 Å². The molecule has 0 spiro atoms. The van der Waals surface area contributed by atoms with Crippen LogP contribution in [0.5, 0.6) is 0 Å². The van der Waals surface area contributed by atoms with Gasteiger partial charge in [-0.25, -0.2) is 0 Å². The van der Waals surface area contributed by atoms with Gasteiger partial charge in [-0.2, -0.15) is 13.2 Å². The molecule has 1 fully saturated rings. The van der Waals surface area contributed by atoms with E-state index in [9.17, 15) is 13.2 Å². The third-order valence-corrected chi connectivity index (χ3v) is 4.40. The molecule has 2 N–H and O–H groups in total. The second-order valence-corrected chi connectivity index (χ2v) is 5.72. The van der Waals surface area contributed by atoms with Crippen molar-refractivity contribution >= 4 is 0 Å². The van der Waals surface area contributed by atoms with Gasteiger partial charge in [0.05, 0.1) is 5.56 Å². The third kappa shape index (κ3) is 3.33. The first-order valence-electron chi connectivity index (χ1n) is 6.95. The molecule has 1 aliphatic rings. The number of nitrogens with zero attached hydrogens (tertiary/aromatic N) is 1. The van der Waals surface area contributed by atoms with Crippen LogP contribution in [0.4, 0.5) is 13.2 Å². The second-order valence-electron chi connectivity index (χ2n) is 5.72. The van der Waals surface area contributed by atoms with E-state index < -0.39 is 11.7 Å². The highest BCUT2D eigenvalue weighted by Gasteiger charge is 2.32. The van der Waals surface area contributed by atoms with Crippen molar-refractivity contribution in [3.63, 3.8) is 0 Å². The Labute approximate surface area is 117 Å². The van der Waals surface area contributed by atoms with Crippen LogP contribution in [-0.4, -0.2) is 23.5 Å². The van der Waals surface area contributed by atoms with Crippen molar-refractivity contribution in [2.75, 3.05) is 6.54 Å². The SMILES string of the molecule is CC1C(N)CCN(Cc2cccc(C(F)(F)F)c2)C1C. The first-order chi connectivity index (χ1) is 9.29. The van der Waals surface area contributed by atoms with Gasteiger partial charge < -0.3 is 5.73 Å². The Hall–Kier alpha value is -1.07. The Kier molecular flexibility index (Phi) is 4.39. The Morgan fingerprint density at radius 3 is 2.65 bits per heavy atom. The van der Waals surface area contributed by atoms with Crippen LogP contribution in [0, 0.1) is 5.92 Å². The number of benzene rings is 1. The van der Waals surface area contributed by atoms with Crippen LogP contribution in [0.1, 0.15) is 31.4 Å². The quantitative estimate of drug-likeness (QED) is 0.904. The van der Waals surface area contributed by atoms with E-state index in [4.69, 9.17) is 5.73 Å². The zero-order chi connectivity index (χ0) is 14.9. The summed E-state index contributed by atoms with van der Waals surface area (Å²) < 4.78 is 38.1. The average molecular weight is 286 g/mol. The minimum Gasteiger partial charge on any atom is -0.327 e. The van der Waals surface area contributed by atoms with E-state index in [0.717, 1.165) is 19.0 Å². The summed E-state index contributed by atoms with van der Waals surface area (Å²) in [4.78, 5) is 2.21. The van der Waals surface area contributed by atoms with Gasteiger partial charge in [0, 0.05) is 25.2 Å². The molecule has 0 bridgehead atoms. The lowest BCUT2D eigenvalue weighted by Gasteiger charge is -2.41. The van der Waals surface area contributed by atoms with Crippen molar-refractivity contribution in [3.8, 4) is 0 Å². The first-order valence-corrected chi connectivity index (χ1v) is 6.95. The predicted octanol–water partition coefficient (Wildman–Crippen LogP) is 3.26. The maximum absolute atomic E-state index is 12.7. The lowest BCUT2D eigenvalue weighted by atomic mass is 9.87.